The molecular weight excluding hydrogens is 288 g/mol. The van der Waals surface area contributed by atoms with E-state index >= 15 is 0 Å². The van der Waals surface area contributed by atoms with Crippen molar-refractivity contribution in [2.45, 2.75) is 32.6 Å². The molecule has 2 atom stereocenters. The first kappa shape index (κ1) is 15.4. The second-order valence-electron chi connectivity index (χ2n) is 7.63. The van der Waals surface area contributed by atoms with Gasteiger partial charge in [0.25, 0.3) is 0 Å². The molecule has 0 heteroatoms. The number of allylic oxidation sites excluding steroid dienone is 4. The van der Waals surface area contributed by atoms with Gasteiger partial charge >= 0.3 is 0 Å². The van der Waals surface area contributed by atoms with Crippen molar-refractivity contribution in [3.63, 3.8) is 0 Å². The van der Waals surface area contributed by atoms with Gasteiger partial charge in [-0.15, -0.1) is 0 Å². The van der Waals surface area contributed by atoms with E-state index in [1.165, 1.54) is 35.1 Å². The molecule has 1 fully saturated rings. The van der Waals surface area contributed by atoms with Crippen molar-refractivity contribution < 1.29 is 0 Å². The summed E-state index contributed by atoms with van der Waals surface area (Å²) in [5.41, 5.74) is 5.69. The van der Waals surface area contributed by atoms with E-state index in [9.17, 15) is 0 Å². The normalized spacial score (nSPS) is 25.2. The third kappa shape index (κ3) is 2.98. The minimum Gasteiger partial charge on any atom is -0.0808 e. The van der Waals surface area contributed by atoms with E-state index in [4.69, 9.17) is 0 Å². The van der Waals surface area contributed by atoms with Crippen LogP contribution in [0.5, 0.6) is 0 Å². The Morgan fingerprint density at radius 2 is 1.25 bits per heavy atom. The van der Waals surface area contributed by atoms with E-state index in [0.717, 1.165) is 17.8 Å². The molecule has 2 aliphatic carbocycles. The van der Waals surface area contributed by atoms with Gasteiger partial charge in [0.15, 0.2) is 0 Å². The van der Waals surface area contributed by atoms with Gasteiger partial charge in [0, 0.05) is 5.92 Å². The summed E-state index contributed by atoms with van der Waals surface area (Å²) in [6.45, 7) is 4.41. The lowest BCUT2D eigenvalue weighted by molar-refractivity contribution is 0.469. The van der Waals surface area contributed by atoms with E-state index in [-0.39, 0.29) is 0 Å². The molecule has 0 spiro atoms. The van der Waals surface area contributed by atoms with E-state index in [1.807, 2.05) is 0 Å². The molecule has 0 nitrogen and oxygen atoms in total. The van der Waals surface area contributed by atoms with Gasteiger partial charge in [-0.05, 0) is 55.6 Å². The molecule has 0 heterocycles. The van der Waals surface area contributed by atoms with Crippen molar-refractivity contribution in [2.24, 2.45) is 17.8 Å². The molecule has 1 saturated carbocycles. The van der Waals surface area contributed by atoms with Crippen LogP contribution in [0, 0.1) is 31.6 Å². The molecule has 2 aromatic carbocycles. The minimum absolute atomic E-state index is 0.511. The maximum Gasteiger partial charge on any atom is 0.0118 e. The maximum atomic E-state index is 2.42. The van der Waals surface area contributed by atoms with Gasteiger partial charge in [-0.2, -0.15) is 0 Å². The van der Waals surface area contributed by atoms with Crippen molar-refractivity contribution in [1.29, 1.82) is 0 Å². The van der Waals surface area contributed by atoms with Crippen molar-refractivity contribution >= 4 is 0 Å². The number of fused-ring (bicyclic) bond motifs is 1. The zero-order valence-electron chi connectivity index (χ0n) is 14.7. The van der Waals surface area contributed by atoms with Gasteiger partial charge in [-0.1, -0.05) is 84.0 Å². The number of hydrogen-bond acceptors (Lipinski definition) is 0. The summed E-state index contributed by atoms with van der Waals surface area (Å²) in [6.07, 6.45) is 11.9. The van der Waals surface area contributed by atoms with Gasteiger partial charge in [-0.3, -0.25) is 0 Å². The Balaban J connectivity index is 1.74. The molecule has 0 saturated heterocycles. The van der Waals surface area contributed by atoms with Gasteiger partial charge in [0.1, 0.15) is 0 Å². The van der Waals surface area contributed by atoms with Gasteiger partial charge in [0.05, 0.1) is 0 Å². The highest BCUT2D eigenvalue weighted by atomic mass is 14.4. The largest absolute Gasteiger partial charge is 0.0808 e. The smallest absolute Gasteiger partial charge is 0.0118 e. The number of aryl methyl sites for hydroxylation is 2. The quantitative estimate of drug-likeness (QED) is 0.632. The minimum atomic E-state index is 0.511. The molecule has 0 bridgehead atoms. The van der Waals surface area contributed by atoms with Crippen molar-refractivity contribution in [1.82, 2.24) is 0 Å². The molecule has 0 amide bonds. The Hall–Kier alpha value is -2.08. The van der Waals surface area contributed by atoms with Crippen LogP contribution in [-0.2, 0) is 0 Å². The molecule has 2 aromatic rings. The maximum absolute atomic E-state index is 2.42. The van der Waals surface area contributed by atoms with Crippen LogP contribution in [0.1, 0.15) is 41.0 Å². The van der Waals surface area contributed by atoms with E-state index in [2.05, 4.69) is 86.7 Å². The van der Waals surface area contributed by atoms with Crippen LogP contribution in [-0.4, -0.2) is 0 Å². The highest BCUT2D eigenvalue weighted by Crippen LogP contribution is 2.48. The Bertz CT molecular complexity index is 715. The molecule has 24 heavy (non-hydrogen) atoms. The van der Waals surface area contributed by atoms with Crippen LogP contribution < -0.4 is 0 Å². The second kappa shape index (κ2) is 6.43. The predicted molar refractivity (Wildman–Crippen MR) is 102 cm³/mol. The topological polar surface area (TPSA) is 0 Å². The molecule has 0 radical (unpaired) electrons. The first-order valence-electron chi connectivity index (χ1n) is 9.19. The molecule has 4 rings (SSSR count). The summed E-state index contributed by atoms with van der Waals surface area (Å²) >= 11 is 0. The van der Waals surface area contributed by atoms with Crippen molar-refractivity contribution in [3.8, 4) is 0 Å². The summed E-state index contributed by atoms with van der Waals surface area (Å²) in [7, 11) is 0. The van der Waals surface area contributed by atoms with Crippen LogP contribution in [0.3, 0.4) is 0 Å². The third-order valence-corrected chi connectivity index (χ3v) is 5.80. The highest BCUT2D eigenvalue weighted by Gasteiger charge is 2.37. The summed E-state index contributed by atoms with van der Waals surface area (Å²) in [6, 6.07) is 18.3. The summed E-state index contributed by atoms with van der Waals surface area (Å²) in [4.78, 5) is 0. The molecule has 0 aromatic heterocycles. The summed E-state index contributed by atoms with van der Waals surface area (Å²) in [5, 5.41) is 0. The predicted octanol–water partition coefficient (Wildman–Crippen LogP) is 6.20. The number of benzene rings is 2. The Morgan fingerprint density at radius 3 is 1.71 bits per heavy atom. The zero-order valence-corrected chi connectivity index (χ0v) is 14.7. The van der Waals surface area contributed by atoms with Gasteiger partial charge in [0.2, 0.25) is 0 Å². The van der Waals surface area contributed by atoms with Crippen LogP contribution in [0.25, 0.3) is 0 Å². The highest BCUT2D eigenvalue weighted by molar-refractivity contribution is 5.38. The van der Waals surface area contributed by atoms with Gasteiger partial charge in [-0.25, -0.2) is 0 Å². The summed E-state index contributed by atoms with van der Waals surface area (Å²) in [5.74, 6) is 2.70. The average molecular weight is 314 g/mol. The first-order valence-corrected chi connectivity index (χ1v) is 9.19. The molecule has 0 aliphatic heterocycles. The first-order chi connectivity index (χ1) is 11.7. The Morgan fingerprint density at radius 1 is 0.750 bits per heavy atom. The molecular formula is C24H26. The lowest BCUT2D eigenvalue weighted by Crippen LogP contribution is -2.12. The van der Waals surface area contributed by atoms with Crippen LogP contribution in [0.15, 0.2) is 72.8 Å². The van der Waals surface area contributed by atoms with Crippen LogP contribution in [0.2, 0.25) is 0 Å². The SMILES string of the molecule is Cc1cccc(C(c2cccc(C)c2)C2CC3C=CC=CC3C2)c1. The second-order valence-corrected chi connectivity index (χ2v) is 7.63. The standard InChI is InChI=1S/C24H26/c1-17-7-5-11-21(13-17)24(22-12-6-8-18(2)14-22)23-15-19-9-3-4-10-20(19)16-23/h3-14,19-20,23-24H,15-16H2,1-2H3. The molecule has 2 aliphatic rings. The lowest BCUT2D eigenvalue weighted by atomic mass is 9.78. The number of rotatable bonds is 3. The fourth-order valence-electron chi connectivity index (χ4n) is 4.74. The van der Waals surface area contributed by atoms with E-state index < -0.39 is 0 Å². The molecule has 2 unspecified atom stereocenters. The van der Waals surface area contributed by atoms with Crippen LogP contribution >= 0.6 is 0 Å². The van der Waals surface area contributed by atoms with Crippen LogP contribution in [0.4, 0.5) is 0 Å². The van der Waals surface area contributed by atoms with Gasteiger partial charge < -0.3 is 0 Å². The Labute approximate surface area is 145 Å². The van der Waals surface area contributed by atoms with E-state index in [0.29, 0.717) is 5.92 Å². The summed E-state index contributed by atoms with van der Waals surface area (Å²) < 4.78 is 0. The lowest BCUT2D eigenvalue weighted by Gasteiger charge is -2.26. The van der Waals surface area contributed by atoms with Crippen molar-refractivity contribution in [3.05, 3.63) is 95.1 Å². The average Bonchev–Trinajstić information content (AvgIpc) is 2.98. The fraction of sp³-hybridized carbons (Fsp3) is 0.333. The van der Waals surface area contributed by atoms with E-state index in [1.54, 1.807) is 0 Å². The Kier molecular flexibility index (Phi) is 4.14. The fourth-order valence-corrected chi connectivity index (χ4v) is 4.74. The monoisotopic (exact) mass is 314 g/mol. The third-order valence-electron chi connectivity index (χ3n) is 5.80. The van der Waals surface area contributed by atoms with Crippen molar-refractivity contribution in [2.75, 3.05) is 0 Å². The molecule has 122 valence electrons. The zero-order chi connectivity index (χ0) is 16.5. The number of hydrogen-bond donors (Lipinski definition) is 0. The molecule has 0 N–H and O–H groups in total.